The fraction of sp³-hybridized carbons (Fsp3) is 0.250. The standard InChI is InChI=1S/C8H9BrClNS/c1-2-3-11-5-6-4-7(9)8(10)12-6/h2,4,11H,1,3,5H2. The Kier molecular flexibility index (Phi) is 4.29. The van der Waals surface area contributed by atoms with Crippen molar-refractivity contribution in [3.05, 3.63) is 32.4 Å². The number of nitrogens with one attached hydrogen (secondary N) is 1. The fourth-order valence-electron chi connectivity index (χ4n) is 0.776. The summed E-state index contributed by atoms with van der Waals surface area (Å²) in [5, 5.41) is 3.20. The van der Waals surface area contributed by atoms with Crippen LogP contribution in [0.2, 0.25) is 4.34 Å². The zero-order valence-electron chi connectivity index (χ0n) is 6.44. The number of thiophene rings is 1. The Morgan fingerprint density at radius 1 is 1.75 bits per heavy atom. The predicted molar refractivity (Wildman–Crippen MR) is 58.9 cm³/mol. The Balaban J connectivity index is 2.47. The lowest BCUT2D eigenvalue weighted by molar-refractivity contribution is 0.771. The smallest absolute Gasteiger partial charge is 0.107 e. The maximum atomic E-state index is 5.87. The molecule has 0 saturated heterocycles. The van der Waals surface area contributed by atoms with E-state index in [2.05, 4.69) is 27.8 Å². The van der Waals surface area contributed by atoms with E-state index in [0.717, 1.165) is 21.9 Å². The van der Waals surface area contributed by atoms with Crippen LogP contribution in [0.25, 0.3) is 0 Å². The molecule has 0 saturated carbocycles. The minimum absolute atomic E-state index is 0.811. The van der Waals surface area contributed by atoms with Crippen LogP contribution in [0.1, 0.15) is 4.88 Å². The first-order valence-electron chi connectivity index (χ1n) is 3.49. The van der Waals surface area contributed by atoms with Crippen LogP contribution in [-0.2, 0) is 6.54 Å². The van der Waals surface area contributed by atoms with Gasteiger partial charge in [-0.05, 0) is 22.0 Å². The summed E-state index contributed by atoms with van der Waals surface area (Å²) in [6, 6.07) is 2.03. The van der Waals surface area contributed by atoms with Crippen molar-refractivity contribution in [1.82, 2.24) is 5.32 Å². The zero-order chi connectivity index (χ0) is 8.97. The van der Waals surface area contributed by atoms with Crippen molar-refractivity contribution in [2.24, 2.45) is 0 Å². The Bertz CT molecular complexity index is 253. The SMILES string of the molecule is C=CCNCc1cc(Br)c(Cl)s1. The topological polar surface area (TPSA) is 12.0 Å². The van der Waals surface area contributed by atoms with Gasteiger partial charge < -0.3 is 5.32 Å². The van der Waals surface area contributed by atoms with E-state index >= 15 is 0 Å². The lowest BCUT2D eigenvalue weighted by atomic mass is 10.4. The molecule has 1 nitrogen and oxygen atoms in total. The largest absolute Gasteiger partial charge is 0.308 e. The van der Waals surface area contributed by atoms with Gasteiger partial charge in [0.1, 0.15) is 4.34 Å². The highest BCUT2D eigenvalue weighted by Crippen LogP contribution is 2.31. The maximum Gasteiger partial charge on any atom is 0.107 e. The van der Waals surface area contributed by atoms with Crippen LogP contribution in [-0.4, -0.2) is 6.54 Å². The van der Waals surface area contributed by atoms with Crippen molar-refractivity contribution in [1.29, 1.82) is 0 Å². The van der Waals surface area contributed by atoms with Crippen molar-refractivity contribution in [2.75, 3.05) is 6.54 Å². The molecule has 1 heterocycles. The first-order chi connectivity index (χ1) is 5.74. The molecule has 0 bridgehead atoms. The highest BCUT2D eigenvalue weighted by atomic mass is 79.9. The predicted octanol–water partition coefficient (Wildman–Crippen LogP) is 3.44. The Morgan fingerprint density at radius 2 is 2.50 bits per heavy atom. The second-order valence-corrected chi connectivity index (χ2v) is 4.85. The summed E-state index contributed by atoms with van der Waals surface area (Å²) in [6.07, 6.45) is 1.84. The van der Waals surface area contributed by atoms with Crippen LogP contribution in [0.15, 0.2) is 23.2 Å². The monoisotopic (exact) mass is 265 g/mol. The van der Waals surface area contributed by atoms with Crippen molar-refractivity contribution >= 4 is 38.9 Å². The van der Waals surface area contributed by atoms with Crippen molar-refractivity contribution in [2.45, 2.75) is 6.54 Å². The lowest BCUT2D eigenvalue weighted by Crippen LogP contribution is -2.11. The van der Waals surface area contributed by atoms with Gasteiger partial charge in [0.15, 0.2) is 0 Å². The van der Waals surface area contributed by atoms with E-state index in [1.54, 1.807) is 11.3 Å². The van der Waals surface area contributed by atoms with Gasteiger partial charge in [-0.3, -0.25) is 0 Å². The minimum atomic E-state index is 0.811. The summed E-state index contributed by atoms with van der Waals surface area (Å²) >= 11 is 10.8. The quantitative estimate of drug-likeness (QED) is 0.650. The van der Waals surface area contributed by atoms with Gasteiger partial charge in [0.05, 0.1) is 0 Å². The molecule has 0 aliphatic heterocycles. The molecule has 1 rings (SSSR count). The summed E-state index contributed by atoms with van der Waals surface area (Å²) in [5.41, 5.74) is 0. The molecule has 0 unspecified atom stereocenters. The highest BCUT2D eigenvalue weighted by molar-refractivity contribution is 9.10. The molecule has 66 valence electrons. The van der Waals surface area contributed by atoms with Gasteiger partial charge in [0.25, 0.3) is 0 Å². The molecule has 1 N–H and O–H groups in total. The van der Waals surface area contributed by atoms with Crippen molar-refractivity contribution in [3.63, 3.8) is 0 Å². The van der Waals surface area contributed by atoms with Crippen LogP contribution in [0.5, 0.6) is 0 Å². The fourth-order valence-corrected chi connectivity index (χ4v) is 2.54. The van der Waals surface area contributed by atoms with Gasteiger partial charge in [0, 0.05) is 22.4 Å². The summed E-state index contributed by atoms with van der Waals surface area (Å²) < 4.78 is 1.79. The van der Waals surface area contributed by atoms with E-state index < -0.39 is 0 Å². The van der Waals surface area contributed by atoms with Crippen LogP contribution in [0, 0.1) is 0 Å². The van der Waals surface area contributed by atoms with Gasteiger partial charge in [0.2, 0.25) is 0 Å². The zero-order valence-corrected chi connectivity index (χ0v) is 9.60. The summed E-state index contributed by atoms with van der Waals surface area (Å²) in [5.74, 6) is 0. The lowest BCUT2D eigenvalue weighted by Gasteiger charge is -1.95. The second-order valence-electron chi connectivity index (χ2n) is 2.25. The molecule has 12 heavy (non-hydrogen) atoms. The molecule has 0 aliphatic rings. The number of hydrogen-bond acceptors (Lipinski definition) is 2. The number of hydrogen-bond donors (Lipinski definition) is 1. The van der Waals surface area contributed by atoms with Gasteiger partial charge in [-0.1, -0.05) is 17.7 Å². The Hall–Kier alpha value is 0.170. The molecular formula is C8H9BrClNS. The summed E-state index contributed by atoms with van der Waals surface area (Å²) in [4.78, 5) is 1.23. The van der Waals surface area contributed by atoms with Crippen molar-refractivity contribution in [3.8, 4) is 0 Å². The highest BCUT2D eigenvalue weighted by Gasteiger charge is 2.02. The molecule has 0 amide bonds. The maximum absolute atomic E-state index is 5.87. The van der Waals surface area contributed by atoms with Gasteiger partial charge >= 0.3 is 0 Å². The molecule has 0 fully saturated rings. The Labute approximate surface area is 89.6 Å². The number of halogens is 2. The van der Waals surface area contributed by atoms with E-state index in [9.17, 15) is 0 Å². The molecule has 0 aromatic carbocycles. The first kappa shape index (κ1) is 10.3. The van der Waals surface area contributed by atoms with Gasteiger partial charge in [-0.2, -0.15) is 0 Å². The number of rotatable bonds is 4. The van der Waals surface area contributed by atoms with Crippen LogP contribution < -0.4 is 5.32 Å². The van der Waals surface area contributed by atoms with Crippen molar-refractivity contribution < 1.29 is 0 Å². The van der Waals surface area contributed by atoms with E-state index in [4.69, 9.17) is 11.6 Å². The van der Waals surface area contributed by atoms with Crippen LogP contribution in [0.3, 0.4) is 0 Å². The third-order valence-electron chi connectivity index (χ3n) is 1.28. The van der Waals surface area contributed by atoms with E-state index in [1.165, 1.54) is 4.88 Å². The average molecular weight is 267 g/mol. The third kappa shape index (κ3) is 2.90. The van der Waals surface area contributed by atoms with Gasteiger partial charge in [-0.25, -0.2) is 0 Å². The summed E-state index contributed by atoms with van der Waals surface area (Å²) in [7, 11) is 0. The van der Waals surface area contributed by atoms with Crippen LogP contribution >= 0.6 is 38.9 Å². The second kappa shape index (κ2) is 5.02. The molecule has 0 spiro atoms. The molecule has 0 atom stereocenters. The molecule has 0 aliphatic carbocycles. The molecule has 4 heteroatoms. The van der Waals surface area contributed by atoms with E-state index in [0.29, 0.717) is 0 Å². The minimum Gasteiger partial charge on any atom is -0.308 e. The van der Waals surface area contributed by atoms with E-state index in [-0.39, 0.29) is 0 Å². The summed E-state index contributed by atoms with van der Waals surface area (Å²) in [6.45, 7) is 5.30. The van der Waals surface area contributed by atoms with Gasteiger partial charge in [-0.15, -0.1) is 17.9 Å². The average Bonchev–Trinajstić information content (AvgIpc) is 2.32. The third-order valence-corrected chi connectivity index (χ3v) is 3.76. The normalized spacial score (nSPS) is 10.2. The molecular weight excluding hydrogens is 258 g/mol. The van der Waals surface area contributed by atoms with E-state index in [1.807, 2.05) is 12.1 Å². The molecule has 1 aromatic rings. The molecule has 1 aromatic heterocycles. The first-order valence-corrected chi connectivity index (χ1v) is 5.48. The Morgan fingerprint density at radius 3 is 3.00 bits per heavy atom. The van der Waals surface area contributed by atoms with Crippen LogP contribution in [0.4, 0.5) is 0 Å². The molecule has 0 radical (unpaired) electrons.